The summed E-state index contributed by atoms with van der Waals surface area (Å²) in [5.41, 5.74) is 0.594. The van der Waals surface area contributed by atoms with E-state index < -0.39 is 29.9 Å². The third-order valence-corrected chi connectivity index (χ3v) is 4.61. The molecular weight excluding hydrogens is 322 g/mol. The molecule has 0 spiro atoms. The van der Waals surface area contributed by atoms with Crippen LogP contribution in [0.2, 0.25) is 0 Å². The summed E-state index contributed by atoms with van der Waals surface area (Å²) in [5, 5.41) is 0. The van der Waals surface area contributed by atoms with Gasteiger partial charge in [-0.15, -0.1) is 0 Å². The molecule has 6 heteroatoms. The van der Waals surface area contributed by atoms with Crippen LogP contribution < -0.4 is 0 Å². The summed E-state index contributed by atoms with van der Waals surface area (Å²) in [6, 6.07) is 5.50. The van der Waals surface area contributed by atoms with Crippen molar-refractivity contribution in [1.29, 1.82) is 0 Å². The predicted octanol–water partition coefficient (Wildman–Crippen LogP) is 2.36. The van der Waals surface area contributed by atoms with Gasteiger partial charge in [-0.25, -0.2) is 4.79 Å². The number of carbonyl (C=O) groups excluding carboxylic acids is 4. The number of hydrogen-bond donors (Lipinski definition) is 0. The summed E-state index contributed by atoms with van der Waals surface area (Å²) < 4.78 is 5.36. The molecule has 0 unspecified atom stereocenters. The van der Waals surface area contributed by atoms with Gasteiger partial charge in [0.1, 0.15) is 6.04 Å². The molecule has 1 aromatic rings. The molecule has 3 rings (SSSR count). The first kappa shape index (κ1) is 17.3. The van der Waals surface area contributed by atoms with Crippen molar-refractivity contribution in [2.24, 2.45) is 5.92 Å². The van der Waals surface area contributed by atoms with E-state index in [0.29, 0.717) is 36.8 Å². The predicted molar refractivity (Wildman–Crippen MR) is 88.9 cm³/mol. The second kappa shape index (κ2) is 6.78. The molecule has 2 atom stereocenters. The smallest absolute Gasteiger partial charge is 0.330 e. The Bertz CT molecular complexity index is 704. The van der Waals surface area contributed by atoms with Crippen molar-refractivity contribution in [3.05, 3.63) is 35.4 Å². The van der Waals surface area contributed by atoms with Gasteiger partial charge in [0, 0.05) is 6.42 Å². The minimum atomic E-state index is -1.01. The number of esters is 1. The van der Waals surface area contributed by atoms with Gasteiger partial charge < -0.3 is 4.74 Å². The second-order valence-electron chi connectivity index (χ2n) is 6.96. The summed E-state index contributed by atoms with van der Waals surface area (Å²) in [6.07, 6.45) is 1.14. The standard InChI is InChI=1S/C19H21NO5/c1-11(2)10-14(19(24)25-16-9-5-8-15(16)21)20-17(22)12-6-3-4-7-13(12)18(20)23/h3-4,6-7,11,14,16H,5,8-10H2,1-2H3/t14-,16-/m1/s1. The van der Waals surface area contributed by atoms with E-state index in [-0.39, 0.29) is 11.7 Å². The minimum absolute atomic E-state index is 0.0705. The van der Waals surface area contributed by atoms with Crippen molar-refractivity contribution in [3.8, 4) is 0 Å². The van der Waals surface area contributed by atoms with Crippen molar-refractivity contribution >= 4 is 23.6 Å². The third-order valence-electron chi connectivity index (χ3n) is 4.61. The SMILES string of the molecule is CC(C)C[C@H](C(=O)O[C@@H]1CCCC1=O)N1C(=O)c2ccccc2C1=O. The lowest BCUT2D eigenvalue weighted by atomic mass is 10.0. The van der Waals surface area contributed by atoms with Crippen LogP contribution in [-0.2, 0) is 14.3 Å². The van der Waals surface area contributed by atoms with Gasteiger partial charge in [-0.1, -0.05) is 26.0 Å². The zero-order chi connectivity index (χ0) is 18.1. The van der Waals surface area contributed by atoms with E-state index >= 15 is 0 Å². The normalized spacial score (nSPS) is 21.0. The van der Waals surface area contributed by atoms with E-state index in [0.717, 1.165) is 4.90 Å². The summed E-state index contributed by atoms with van der Waals surface area (Å²) in [4.78, 5) is 50.8. The summed E-state index contributed by atoms with van der Waals surface area (Å²) in [6.45, 7) is 3.80. The van der Waals surface area contributed by atoms with E-state index in [4.69, 9.17) is 4.74 Å². The van der Waals surface area contributed by atoms with Gasteiger partial charge in [0.2, 0.25) is 0 Å². The Labute approximate surface area is 146 Å². The van der Waals surface area contributed by atoms with Crippen molar-refractivity contribution in [1.82, 2.24) is 4.90 Å². The number of amides is 2. The second-order valence-corrected chi connectivity index (χ2v) is 6.96. The van der Waals surface area contributed by atoms with Crippen molar-refractivity contribution in [2.45, 2.75) is 51.7 Å². The summed E-state index contributed by atoms with van der Waals surface area (Å²) in [7, 11) is 0. The maximum atomic E-state index is 12.7. The van der Waals surface area contributed by atoms with Gasteiger partial charge in [0.15, 0.2) is 11.9 Å². The molecule has 0 aromatic heterocycles. The lowest BCUT2D eigenvalue weighted by molar-refractivity contribution is -0.158. The van der Waals surface area contributed by atoms with E-state index in [1.54, 1.807) is 24.3 Å². The Morgan fingerprint density at radius 3 is 2.24 bits per heavy atom. The zero-order valence-corrected chi connectivity index (χ0v) is 14.4. The first-order chi connectivity index (χ1) is 11.9. The highest BCUT2D eigenvalue weighted by molar-refractivity contribution is 6.22. The lowest BCUT2D eigenvalue weighted by Gasteiger charge is -2.27. The number of ketones is 1. The molecule has 25 heavy (non-hydrogen) atoms. The highest BCUT2D eigenvalue weighted by Gasteiger charge is 2.44. The summed E-state index contributed by atoms with van der Waals surface area (Å²) >= 11 is 0. The Morgan fingerprint density at radius 2 is 1.76 bits per heavy atom. The Morgan fingerprint density at radius 1 is 1.16 bits per heavy atom. The van der Waals surface area contributed by atoms with Crippen LogP contribution in [-0.4, -0.2) is 40.6 Å². The fourth-order valence-electron chi connectivity index (χ4n) is 3.37. The number of carbonyl (C=O) groups is 4. The minimum Gasteiger partial charge on any atom is -0.453 e. The molecular formula is C19H21NO5. The number of rotatable bonds is 5. The Kier molecular flexibility index (Phi) is 4.70. The van der Waals surface area contributed by atoms with Gasteiger partial charge in [0.25, 0.3) is 11.8 Å². The van der Waals surface area contributed by atoms with Crippen molar-refractivity contribution in [3.63, 3.8) is 0 Å². The van der Waals surface area contributed by atoms with Crippen LogP contribution in [0.1, 0.15) is 60.2 Å². The highest BCUT2D eigenvalue weighted by atomic mass is 16.5. The quantitative estimate of drug-likeness (QED) is 0.605. The van der Waals surface area contributed by atoms with Crippen LogP contribution >= 0.6 is 0 Å². The van der Waals surface area contributed by atoms with Crippen molar-refractivity contribution < 1.29 is 23.9 Å². The highest BCUT2D eigenvalue weighted by Crippen LogP contribution is 2.28. The topological polar surface area (TPSA) is 80.8 Å². The van der Waals surface area contributed by atoms with E-state index in [9.17, 15) is 19.2 Å². The molecule has 1 heterocycles. The number of Topliss-reactive ketones (excluding diaryl/α,β-unsaturated/α-hetero) is 1. The van der Waals surface area contributed by atoms with Gasteiger partial charge in [-0.3, -0.25) is 19.3 Å². The molecule has 2 amide bonds. The van der Waals surface area contributed by atoms with E-state index in [2.05, 4.69) is 0 Å². The molecule has 1 fully saturated rings. The molecule has 132 valence electrons. The van der Waals surface area contributed by atoms with Crippen LogP contribution in [0, 0.1) is 5.92 Å². The zero-order valence-electron chi connectivity index (χ0n) is 14.4. The lowest BCUT2D eigenvalue weighted by Crippen LogP contribution is -2.47. The largest absolute Gasteiger partial charge is 0.453 e. The molecule has 1 aliphatic heterocycles. The fourth-order valence-corrected chi connectivity index (χ4v) is 3.37. The average molecular weight is 343 g/mol. The first-order valence-electron chi connectivity index (χ1n) is 8.60. The molecule has 0 bridgehead atoms. The Balaban J connectivity index is 1.86. The third kappa shape index (κ3) is 3.21. The van der Waals surface area contributed by atoms with Crippen LogP contribution in [0.15, 0.2) is 24.3 Å². The van der Waals surface area contributed by atoms with Crippen molar-refractivity contribution in [2.75, 3.05) is 0 Å². The number of hydrogen-bond acceptors (Lipinski definition) is 5. The first-order valence-corrected chi connectivity index (χ1v) is 8.60. The molecule has 0 radical (unpaired) electrons. The van der Waals surface area contributed by atoms with Crippen LogP contribution in [0.3, 0.4) is 0 Å². The number of benzene rings is 1. The molecule has 6 nitrogen and oxygen atoms in total. The van der Waals surface area contributed by atoms with Crippen LogP contribution in [0.25, 0.3) is 0 Å². The molecule has 1 aliphatic carbocycles. The van der Waals surface area contributed by atoms with Gasteiger partial charge in [0.05, 0.1) is 11.1 Å². The maximum Gasteiger partial charge on any atom is 0.330 e. The van der Waals surface area contributed by atoms with E-state index in [1.807, 2.05) is 13.8 Å². The van der Waals surface area contributed by atoms with E-state index in [1.165, 1.54) is 0 Å². The molecule has 0 saturated heterocycles. The maximum absolute atomic E-state index is 12.7. The number of fused-ring (bicyclic) bond motifs is 1. The number of imide groups is 1. The van der Waals surface area contributed by atoms with Gasteiger partial charge >= 0.3 is 5.97 Å². The van der Waals surface area contributed by atoms with Gasteiger partial charge in [-0.2, -0.15) is 0 Å². The molecule has 1 saturated carbocycles. The van der Waals surface area contributed by atoms with Crippen LogP contribution in [0.4, 0.5) is 0 Å². The monoisotopic (exact) mass is 343 g/mol. The van der Waals surface area contributed by atoms with Crippen LogP contribution in [0.5, 0.6) is 0 Å². The van der Waals surface area contributed by atoms with Gasteiger partial charge in [-0.05, 0) is 37.3 Å². The Hall–Kier alpha value is -2.50. The fraction of sp³-hybridized carbons (Fsp3) is 0.474. The average Bonchev–Trinajstić information content (AvgIpc) is 3.08. The summed E-state index contributed by atoms with van der Waals surface area (Å²) in [5.74, 6) is -1.68. The molecule has 0 N–H and O–H groups in total. The molecule has 1 aromatic carbocycles. The molecule has 2 aliphatic rings. The number of nitrogens with zero attached hydrogens (tertiary/aromatic N) is 1. The number of ether oxygens (including phenoxy) is 1.